The Morgan fingerprint density at radius 1 is 1.53 bits per heavy atom. The number of carbonyl (C=O) groups excluding carboxylic acids is 1. The molecule has 3 rings (SSSR count). The Morgan fingerprint density at radius 2 is 2.37 bits per heavy atom. The first-order valence-corrected chi connectivity index (χ1v) is 7.25. The summed E-state index contributed by atoms with van der Waals surface area (Å²) in [6.07, 6.45) is 5.96. The summed E-state index contributed by atoms with van der Waals surface area (Å²) in [6, 6.07) is 2.01. The highest BCUT2D eigenvalue weighted by molar-refractivity contribution is 9.10. The molecule has 1 aromatic heterocycles. The van der Waals surface area contributed by atoms with E-state index in [9.17, 15) is 4.79 Å². The molecule has 2 aromatic rings. The quantitative estimate of drug-likeness (QED) is 0.793. The van der Waals surface area contributed by atoms with Gasteiger partial charge in [-0.1, -0.05) is 0 Å². The number of benzene rings is 1. The molecule has 0 amide bonds. The standard InChI is InChI=1S/C14H15BrN2O2/c1-9-6-12-10(14(15)11(9)8-18)7-16-17(12)13-4-2-3-5-19-13/h6-8,13H,2-5H2,1H3. The molecular formula is C14H15BrN2O2. The van der Waals surface area contributed by atoms with Gasteiger partial charge in [0.1, 0.15) is 0 Å². The summed E-state index contributed by atoms with van der Waals surface area (Å²) in [5.74, 6) is 0. The third-order valence-corrected chi connectivity index (χ3v) is 4.49. The van der Waals surface area contributed by atoms with Crippen LogP contribution in [0.1, 0.15) is 41.4 Å². The molecule has 0 spiro atoms. The summed E-state index contributed by atoms with van der Waals surface area (Å²) < 4.78 is 8.53. The van der Waals surface area contributed by atoms with Gasteiger partial charge in [-0.2, -0.15) is 5.10 Å². The van der Waals surface area contributed by atoms with Gasteiger partial charge in [0.05, 0.1) is 11.7 Å². The van der Waals surface area contributed by atoms with Gasteiger partial charge < -0.3 is 4.74 Å². The van der Waals surface area contributed by atoms with Crippen LogP contribution in [0.5, 0.6) is 0 Å². The third-order valence-electron chi connectivity index (χ3n) is 3.63. The second-order valence-electron chi connectivity index (χ2n) is 4.88. The van der Waals surface area contributed by atoms with Gasteiger partial charge in [-0.3, -0.25) is 4.79 Å². The number of aldehydes is 1. The van der Waals surface area contributed by atoms with Crippen molar-refractivity contribution in [1.29, 1.82) is 0 Å². The fourth-order valence-corrected chi connectivity index (χ4v) is 3.29. The highest BCUT2D eigenvalue weighted by Gasteiger charge is 2.20. The topological polar surface area (TPSA) is 44.1 Å². The van der Waals surface area contributed by atoms with E-state index in [0.29, 0.717) is 5.56 Å². The molecule has 0 N–H and O–H groups in total. The zero-order valence-electron chi connectivity index (χ0n) is 10.7. The molecule has 100 valence electrons. The number of carbonyl (C=O) groups is 1. The van der Waals surface area contributed by atoms with Gasteiger partial charge in [0.25, 0.3) is 0 Å². The van der Waals surface area contributed by atoms with E-state index in [1.54, 1.807) is 6.20 Å². The van der Waals surface area contributed by atoms with Crippen molar-refractivity contribution in [3.63, 3.8) is 0 Å². The Labute approximate surface area is 119 Å². The van der Waals surface area contributed by atoms with Crippen molar-refractivity contribution in [2.75, 3.05) is 6.61 Å². The normalized spacial score (nSPS) is 19.8. The fourth-order valence-electron chi connectivity index (χ4n) is 2.58. The number of aromatic nitrogens is 2. The molecule has 4 nitrogen and oxygen atoms in total. The molecule has 5 heteroatoms. The van der Waals surface area contributed by atoms with E-state index in [2.05, 4.69) is 21.0 Å². The maximum atomic E-state index is 11.1. The molecule has 1 saturated heterocycles. The lowest BCUT2D eigenvalue weighted by Gasteiger charge is -2.23. The highest BCUT2D eigenvalue weighted by Crippen LogP contribution is 2.32. The minimum atomic E-state index is 0.0135. The smallest absolute Gasteiger partial charge is 0.151 e. The molecule has 0 aliphatic carbocycles. The Morgan fingerprint density at radius 3 is 3.05 bits per heavy atom. The van der Waals surface area contributed by atoms with Crippen molar-refractivity contribution >= 4 is 33.1 Å². The summed E-state index contributed by atoms with van der Waals surface area (Å²) in [5.41, 5.74) is 2.66. The lowest BCUT2D eigenvalue weighted by atomic mass is 10.1. The Kier molecular flexibility index (Phi) is 3.41. The van der Waals surface area contributed by atoms with Crippen molar-refractivity contribution in [2.24, 2.45) is 0 Å². The molecule has 1 aliphatic heterocycles. The van der Waals surface area contributed by atoms with Crippen LogP contribution >= 0.6 is 15.9 Å². The molecule has 1 atom stereocenters. The number of halogens is 1. The van der Waals surface area contributed by atoms with E-state index in [1.807, 2.05) is 17.7 Å². The molecule has 1 aliphatic rings. The van der Waals surface area contributed by atoms with Crippen molar-refractivity contribution in [3.8, 4) is 0 Å². The van der Waals surface area contributed by atoms with Crippen LogP contribution in [0.3, 0.4) is 0 Å². The van der Waals surface area contributed by atoms with Crippen LogP contribution in [0.4, 0.5) is 0 Å². The van der Waals surface area contributed by atoms with Gasteiger partial charge in [-0.25, -0.2) is 4.68 Å². The lowest BCUT2D eigenvalue weighted by molar-refractivity contribution is -0.0366. The predicted octanol–water partition coefficient (Wildman–Crippen LogP) is 3.62. The van der Waals surface area contributed by atoms with Gasteiger partial charge >= 0.3 is 0 Å². The van der Waals surface area contributed by atoms with Crippen LogP contribution in [0.25, 0.3) is 10.9 Å². The number of fused-ring (bicyclic) bond motifs is 1. The summed E-state index contributed by atoms with van der Waals surface area (Å²) in [6.45, 7) is 2.73. The minimum absolute atomic E-state index is 0.0135. The van der Waals surface area contributed by atoms with Crippen LogP contribution < -0.4 is 0 Å². The van der Waals surface area contributed by atoms with Gasteiger partial charge in [-0.15, -0.1) is 0 Å². The lowest BCUT2D eigenvalue weighted by Crippen LogP contribution is -2.19. The second kappa shape index (κ2) is 5.06. The van der Waals surface area contributed by atoms with Crippen LogP contribution in [0.15, 0.2) is 16.7 Å². The molecule has 0 bridgehead atoms. The maximum absolute atomic E-state index is 11.1. The largest absolute Gasteiger partial charge is 0.356 e. The SMILES string of the molecule is Cc1cc2c(cnn2C2CCCCO2)c(Br)c1C=O. The van der Waals surface area contributed by atoms with E-state index >= 15 is 0 Å². The number of nitrogens with zero attached hydrogens (tertiary/aromatic N) is 2. The van der Waals surface area contributed by atoms with E-state index in [4.69, 9.17) is 4.74 Å². The van der Waals surface area contributed by atoms with Gasteiger partial charge in [0.2, 0.25) is 0 Å². The van der Waals surface area contributed by atoms with Crippen molar-refractivity contribution in [1.82, 2.24) is 9.78 Å². The number of hydrogen-bond donors (Lipinski definition) is 0. The monoisotopic (exact) mass is 322 g/mol. The van der Waals surface area contributed by atoms with Crippen molar-refractivity contribution in [3.05, 3.63) is 27.9 Å². The Balaban J connectivity index is 2.15. The van der Waals surface area contributed by atoms with Crippen LogP contribution in [0, 0.1) is 6.92 Å². The van der Waals surface area contributed by atoms with Crippen LogP contribution in [-0.4, -0.2) is 22.7 Å². The molecule has 1 unspecified atom stereocenters. The van der Waals surface area contributed by atoms with Crippen LogP contribution in [0.2, 0.25) is 0 Å². The molecular weight excluding hydrogens is 308 g/mol. The number of aryl methyl sites for hydroxylation is 1. The molecule has 1 fully saturated rings. The average Bonchev–Trinajstić information content (AvgIpc) is 2.84. The molecule has 19 heavy (non-hydrogen) atoms. The van der Waals surface area contributed by atoms with Gasteiger partial charge in [-0.05, 0) is 53.7 Å². The summed E-state index contributed by atoms with van der Waals surface area (Å²) in [5, 5.41) is 5.40. The predicted molar refractivity (Wildman–Crippen MR) is 76.4 cm³/mol. The summed E-state index contributed by atoms with van der Waals surface area (Å²) in [4.78, 5) is 11.1. The zero-order chi connectivity index (χ0) is 13.4. The third kappa shape index (κ3) is 2.11. The van der Waals surface area contributed by atoms with E-state index in [-0.39, 0.29) is 6.23 Å². The second-order valence-corrected chi connectivity index (χ2v) is 5.68. The molecule has 0 radical (unpaired) electrons. The Bertz CT molecular complexity index is 630. The van der Waals surface area contributed by atoms with Gasteiger partial charge in [0, 0.05) is 22.0 Å². The van der Waals surface area contributed by atoms with E-state index in [1.165, 1.54) is 6.42 Å². The zero-order valence-corrected chi connectivity index (χ0v) is 12.3. The first-order valence-electron chi connectivity index (χ1n) is 6.45. The average molecular weight is 323 g/mol. The highest BCUT2D eigenvalue weighted by atomic mass is 79.9. The van der Waals surface area contributed by atoms with Crippen molar-refractivity contribution in [2.45, 2.75) is 32.4 Å². The van der Waals surface area contributed by atoms with E-state index in [0.717, 1.165) is 46.7 Å². The number of hydrogen-bond acceptors (Lipinski definition) is 3. The van der Waals surface area contributed by atoms with E-state index < -0.39 is 0 Å². The van der Waals surface area contributed by atoms with Crippen LogP contribution in [-0.2, 0) is 4.74 Å². The Hall–Kier alpha value is -1.20. The summed E-state index contributed by atoms with van der Waals surface area (Å²) in [7, 11) is 0. The maximum Gasteiger partial charge on any atom is 0.151 e. The number of ether oxygens (including phenoxy) is 1. The first kappa shape index (κ1) is 12.8. The minimum Gasteiger partial charge on any atom is -0.356 e. The van der Waals surface area contributed by atoms with Crippen molar-refractivity contribution < 1.29 is 9.53 Å². The molecule has 1 aromatic carbocycles. The fraction of sp³-hybridized carbons (Fsp3) is 0.429. The number of rotatable bonds is 2. The molecule has 0 saturated carbocycles. The first-order chi connectivity index (χ1) is 9.22. The van der Waals surface area contributed by atoms with Gasteiger partial charge in [0.15, 0.2) is 12.5 Å². The molecule has 2 heterocycles. The summed E-state index contributed by atoms with van der Waals surface area (Å²) >= 11 is 3.50.